The summed E-state index contributed by atoms with van der Waals surface area (Å²) in [6, 6.07) is 0. The van der Waals surface area contributed by atoms with Crippen molar-refractivity contribution in [2.45, 2.75) is 39.2 Å². The molecule has 0 amide bonds. The van der Waals surface area contributed by atoms with Crippen LogP contribution in [0.3, 0.4) is 0 Å². The Morgan fingerprint density at radius 2 is 2.00 bits per heavy atom. The maximum absolute atomic E-state index is 11.8. The van der Waals surface area contributed by atoms with E-state index in [1.165, 1.54) is 0 Å². The second-order valence-electron chi connectivity index (χ2n) is 5.81. The van der Waals surface area contributed by atoms with E-state index in [1.54, 1.807) is 0 Å². The summed E-state index contributed by atoms with van der Waals surface area (Å²) in [7, 11) is 0. The molecule has 2 rings (SSSR count). The van der Waals surface area contributed by atoms with Crippen molar-refractivity contribution in [2.24, 2.45) is 17.8 Å². The summed E-state index contributed by atoms with van der Waals surface area (Å²) in [4.78, 5) is 22.9. The number of fused-ring (bicyclic) bond motifs is 1. The SMILES string of the molecule is C=C(C(=O)O)[C@@H]1CC2=C(C)C(=O)C[C@H]2[C@H](C)C[C@H]1O. The summed E-state index contributed by atoms with van der Waals surface area (Å²) in [5.41, 5.74) is 1.83. The number of aliphatic carboxylic acids is 1. The van der Waals surface area contributed by atoms with Gasteiger partial charge in [-0.25, -0.2) is 4.79 Å². The summed E-state index contributed by atoms with van der Waals surface area (Å²) in [5.74, 6) is -1.05. The molecule has 4 atom stereocenters. The molecule has 19 heavy (non-hydrogen) atoms. The highest BCUT2D eigenvalue weighted by Crippen LogP contribution is 2.45. The maximum atomic E-state index is 11.8. The highest BCUT2D eigenvalue weighted by molar-refractivity contribution is 5.98. The van der Waals surface area contributed by atoms with E-state index in [4.69, 9.17) is 5.11 Å². The number of allylic oxidation sites excluding steroid dienone is 2. The van der Waals surface area contributed by atoms with E-state index in [0.29, 0.717) is 19.3 Å². The average molecular weight is 264 g/mol. The molecule has 0 saturated heterocycles. The number of Topliss-reactive ketones (excluding diaryl/α,β-unsaturated/α-hetero) is 1. The lowest BCUT2D eigenvalue weighted by Gasteiger charge is -2.21. The Labute approximate surface area is 112 Å². The van der Waals surface area contributed by atoms with Crippen molar-refractivity contribution in [3.63, 3.8) is 0 Å². The lowest BCUT2D eigenvalue weighted by molar-refractivity contribution is -0.133. The van der Waals surface area contributed by atoms with E-state index in [-0.39, 0.29) is 23.2 Å². The molecule has 0 aromatic rings. The molecular formula is C15H20O4. The zero-order chi connectivity index (χ0) is 14.3. The van der Waals surface area contributed by atoms with Crippen molar-refractivity contribution in [3.05, 3.63) is 23.3 Å². The first kappa shape index (κ1) is 14.0. The minimum absolute atomic E-state index is 0.0417. The van der Waals surface area contributed by atoms with Gasteiger partial charge >= 0.3 is 5.97 Å². The van der Waals surface area contributed by atoms with Crippen molar-refractivity contribution in [1.82, 2.24) is 0 Å². The Balaban J connectivity index is 2.37. The van der Waals surface area contributed by atoms with Crippen LogP contribution < -0.4 is 0 Å². The Morgan fingerprint density at radius 1 is 1.37 bits per heavy atom. The van der Waals surface area contributed by atoms with Crippen molar-refractivity contribution in [1.29, 1.82) is 0 Å². The van der Waals surface area contributed by atoms with Crippen molar-refractivity contribution in [2.75, 3.05) is 0 Å². The van der Waals surface area contributed by atoms with Gasteiger partial charge < -0.3 is 10.2 Å². The summed E-state index contributed by atoms with van der Waals surface area (Å²) in [5, 5.41) is 19.3. The van der Waals surface area contributed by atoms with Crippen LogP contribution in [0.25, 0.3) is 0 Å². The Morgan fingerprint density at radius 3 is 2.58 bits per heavy atom. The minimum Gasteiger partial charge on any atom is -0.478 e. The van der Waals surface area contributed by atoms with E-state index in [2.05, 4.69) is 6.58 Å². The van der Waals surface area contributed by atoms with E-state index in [9.17, 15) is 14.7 Å². The first-order chi connectivity index (χ1) is 8.82. The van der Waals surface area contributed by atoms with Crippen LogP contribution in [0.5, 0.6) is 0 Å². The molecule has 0 aromatic heterocycles. The standard InChI is InChI=1S/C15H20O4/c1-7-4-14(17)12(9(3)15(18)19)5-11-8(2)13(16)6-10(7)11/h7,10,12,14,17H,3-6H2,1-2H3,(H,18,19)/t7-,10+,12+,14-/m1/s1. The van der Waals surface area contributed by atoms with Crippen molar-refractivity contribution in [3.8, 4) is 0 Å². The van der Waals surface area contributed by atoms with Crippen molar-refractivity contribution < 1.29 is 19.8 Å². The Hall–Kier alpha value is -1.42. The molecule has 104 valence electrons. The molecule has 4 heteroatoms. The molecule has 0 spiro atoms. The van der Waals surface area contributed by atoms with Gasteiger partial charge in [0.25, 0.3) is 0 Å². The normalized spacial score (nSPS) is 35.0. The summed E-state index contributed by atoms with van der Waals surface area (Å²) < 4.78 is 0. The quantitative estimate of drug-likeness (QED) is 0.747. The molecule has 0 heterocycles. The van der Waals surface area contributed by atoms with Crippen LogP contribution >= 0.6 is 0 Å². The lowest BCUT2D eigenvalue weighted by Crippen LogP contribution is -2.25. The van der Waals surface area contributed by atoms with Crippen molar-refractivity contribution >= 4 is 11.8 Å². The summed E-state index contributed by atoms with van der Waals surface area (Å²) >= 11 is 0. The molecular weight excluding hydrogens is 244 g/mol. The molecule has 0 aromatic carbocycles. The van der Waals surface area contributed by atoms with Gasteiger partial charge in [0, 0.05) is 17.9 Å². The first-order valence-corrected chi connectivity index (χ1v) is 6.66. The molecule has 2 aliphatic rings. The molecule has 0 unspecified atom stereocenters. The van der Waals surface area contributed by atoms with Gasteiger partial charge in [0.1, 0.15) is 0 Å². The van der Waals surface area contributed by atoms with Crippen LogP contribution in [0.2, 0.25) is 0 Å². The zero-order valence-corrected chi connectivity index (χ0v) is 11.3. The fourth-order valence-electron chi connectivity index (χ4n) is 3.38. The number of rotatable bonds is 2. The van der Waals surface area contributed by atoms with Gasteiger partial charge in [-0.1, -0.05) is 19.1 Å². The minimum atomic E-state index is -1.07. The first-order valence-electron chi connectivity index (χ1n) is 6.66. The highest BCUT2D eigenvalue weighted by atomic mass is 16.4. The number of aliphatic hydroxyl groups excluding tert-OH is 1. The molecule has 0 radical (unpaired) electrons. The molecule has 1 saturated carbocycles. The number of carboxylic acid groups (broad SMARTS) is 1. The fraction of sp³-hybridized carbons (Fsp3) is 0.600. The lowest BCUT2D eigenvalue weighted by atomic mass is 9.86. The van der Waals surface area contributed by atoms with Gasteiger partial charge in [0.2, 0.25) is 0 Å². The number of ketones is 1. The zero-order valence-electron chi connectivity index (χ0n) is 11.3. The van der Waals surface area contributed by atoms with Gasteiger partial charge in [-0.3, -0.25) is 4.79 Å². The third kappa shape index (κ3) is 2.37. The average Bonchev–Trinajstić information content (AvgIpc) is 2.54. The van der Waals surface area contributed by atoms with Crippen LogP contribution in [0.15, 0.2) is 23.3 Å². The van der Waals surface area contributed by atoms with Crippen LogP contribution in [-0.2, 0) is 9.59 Å². The summed E-state index contributed by atoms with van der Waals surface area (Å²) in [6.07, 6.45) is 0.769. The maximum Gasteiger partial charge on any atom is 0.331 e. The predicted molar refractivity (Wildman–Crippen MR) is 70.5 cm³/mol. The molecule has 4 nitrogen and oxygen atoms in total. The second kappa shape index (κ2) is 4.93. The molecule has 1 fully saturated rings. The Kier molecular flexibility index (Phi) is 3.63. The third-order valence-electron chi connectivity index (χ3n) is 4.68. The monoisotopic (exact) mass is 264 g/mol. The largest absolute Gasteiger partial charge is 0.478 e. The highest BCUT2D eigenvalue weighted by Gasteiger charge is 2.41. The van der Waals surface area contributed by atoms with E-state index < -0.39 is 18.0 Å². The van der Waals surface area contributed by atoms with Gasteiger partial charge in [0.05, 0.1) is 6.10 Å². The van der Waals surface area contributed by atoms with E-state index in [1.807, 2.05) is 13.8 Å². The number of carbonyl (C=O) groups excluding carboxylic acids is 1. The predicted octanol–water partition coefficient (Wildman–Crippen LogP) is 1.94. The van der Waals surface area contributed by atoms with Crippen LogP contribution in [-0.4, -0.2) is 28.1 Å². The van der Waals surface area contributed by atoms with Crippen LogP contribution in [0.1, 0.15) is 33.1 Å². The number of carboxylic acids is 1. The number of carbonyl (C=O) groups is 2. The second-order valence-corrected chi connectivity index (χ2v) is 5.81. The van der Waals surface area contributed by atoms with Gasteiger partial charge in [0.15, 0.2) is 5.78 Å². The van der Waals surface area contributed by atoms with Gasteiger partial charge in [-0.2, -0.15) is 0 Å². The van der Waals surface area contributed by atoms with Gasteiger partial charge in [-0.15, -0.1) is 0 Å². The molecule has 2 N–H and O–H groups in total. The summed E-state index contributed by atoms with van der Waals surface area (Å²) in [6.45, 7) is 7.41. The van der Waals surface area contributed by atoms with Crippen LogP contribution in [0, 0.1) is 17.8 Å². The smallest absolute Gasteiger partial charge is 0.331 e. The van der Waals surface area contributed by atoms with Crippen LogP contribution in [0.4, 0.5) is 0 Å². The van der Waals surface area contributed by atoms with Gasteiger partial charge in [-0.05, 0) is 37.2 Å². The molecule has 2 aliphatic carbocycles. The third-order valence-corrected chi connectivity index (χ3v) is 4.68. The van der Waals surface area contributed by atoms with E-state index in [0.717, 1.165) is 11.1 Å². The Bertz CT molecular complexity index is 475. The molecule has 0 aliphatic heterocycles. The topological polar surface area (TPSA) is 74.6 Å². The van der Waals surface area contributed by atoms with E-state index >= 15 is 0 Å². The fourth-order valence-corrected chi connectivity index (χ4v) is 3.38. The number of hydrogen-bond acceptors (Lipinski definition) is 3. The number of hydrogen-bond donors (Lipinski definition) is 2. The number of aliphatic hydroxyl groups is 1. The molecule has 0 bridgehead atoms.